The summed E-state index contributed by atoms with van der Waals surface area (Å²) in [5.41, 5.74) is 7.51. The maximum Gasteiger partial charge on any atom is 0.224 e. The van der Waals surface area contributed by atoms with Gasteiger partial charge in [-0.1, -0.05) is 12.8 Å². The molecule has 0 fully saturated rings. The molecule has 1 heterocycles. The normalized spacial score (nSPS) is 12.8. The highest BCUT2D eigenvalue weighted by Crippen LogP contribution is 2.27. The fourth-order valence-corrected chi connectivity index (χ4v) is 2.45. The lowest BCUT2D eigenvalue weighted by atomic mass is 10.1. The number of hydrogen-bond acceptors (Lipinski definition) is 3. The van der Waals surface area contributed by atoms with Gasteiger partial charge in [-0.05, 0) is 56.0 Å². The average molecular weight is 313 g/mol. The van der Waals surface area contributed by atoms with E-state index in [4.69, 9.17) is 10.5 Å². The molecule has 0 aliphatic carbocycles. The zero-order valence-corrected chi connectivity index (χ0v) is 13.2. The van der Waals surface area contributed by atoms with E-state index in [1.807, 2.05) is 18.2 Å². The van der Waals surface area contributed by atoms with Crippen molar-refractivity contribution in [1.29, 1.82) is 0 Å². The number of nitrogens with two attached hydrogens (primary N) is 1. The van der Waals surface area contributed by atoms with E-state index in [1.54, 1.807) is 0 Å². The molecule has 5 heteroatoms. The fourth-order valence-electron chi connectivity index (χ4n) is 2.45. The number of halogens is 1. The number of hydrogen-bond donors (Lipinski definition) is 2. The van der Waals surface area contributed by atoms with Gasteiger partial charge in [0.05, 0.1) is 6.61 Å². The number of ether oxygens (including phenoxy) is 1. The molecule has 1 amide bonds. The van der Waals surface area contributed by atoms with Crippen molar-refractivity contribution in [2.45, 2.75) is 44.9 Å². The highest BCUT2D eigenvalue weighted by Gasteiger charge is 2.11. The molecule has 0 saturated heterocycles. The van der Waals surface area contributed by atoms with E-state index in [2.05, 4.69) is 5.32 Å². The Labute approximate surface area is 132 Å². The Bertz CT molecular complexity index is 452. The van der Waals surface area contributed by atoms with Crippen LogP contribution in [0.25, 0.3) is 0 Å². The first-order valence-corrected chi connectivity index (χ1v) is 7.55. The molecule has 0 spiro atoms. The third-order valence-corrected chi connectivity index (χ3v) is 3.55. The van der Waals surface area contributed by atoms with Crippen LogP contribution < -0.4 is 15.8 Å². The van der Waals surface area contributed by atoms with Crippen molar-refractivity contribution >= 4 is 24.0 Å². The van der Waals surface area contributed by atoms with Gasteiger partial charge in [0, 0.05) is 12.1 Å². The number of carbonyl (C=O) groups is 1. The van der Waals surface area contributed by atoms with E-state index >= 15 is 0 Å². The van der Waals surface area contributed by atoms with E-state index in [0.717, 1.165) is 63.1 Å². The summed E-state index contributed by atoms with van der Waals surface area (Å²) in [6, 6.07) is 5.89. The van der Waals surface area contributed by atoms with Crippen LogP contribution in [0.1, 0.15) is 44.1 Å². The third kappa shape index (κ3) is 5.94. The number of rotatable bonds is 7. The molecule has 21 heavy (non-hydrogen) atoms. The Balaban J connectivity index is 0.00000220. The van der Waals surface area contributed by atoms with E-state index < -0.39 is 0 Å². The molecule has 0 saturated carbocycles. The summed E-state index contributed by atoms with van der Waals surface area (Å²) in [5, 5.41) is 2.96. The predicted octanol–water partition coefficient (Wildman–Crippen LogP) is 3.28. The molecule has 0 radical (unpaired) electrons. The van der Waals surface area contributed by atoms with E-state index in [-0.39, 0.29) is 18.3 Å². The van der Waals surface area contributed by atoms with Gasteiger partial charge in [0.25, 0.3) is 0 Å². The monoisotopic (exact) mass is 312 g/mol. The molecule has 4 nitrogen and oxygen atoms in total. The van der Waals surface area contributed by atoms with Gasteiger partial charge in [0.1, 0.15) is 5.75 Å². The number of aryl methyl sites for hydroxylation is 1. The van der Waals surface area contributed by atoms with Gasteiger partial charge < -0.3 is 15.8 Å². The van der Waals surface area contributed by atoms with E-state index in [1.165, 1.54) is 5.56 Å². The summed E-state index contributed by atoms with van der Waals surface area (Å²) in [6.07, 6.45) is 6.82. The fraction of sp³-hybridized carbons (Fsp3) is 0.562. The van der Waals surface area contributed by atoms with Crippen molar-refractivity contribution in [2.75, 3.05) is 18.5 Å². The zero-order valence-electron chi connectivity index (χ0n) is 12.4. The quantitative estimate of drug-likeness (QED) is 0.759. The number of amides is 1. The summed E-state index contributed by atoms with van der Waals surface area (Å²) in [5.74, 6) is 1.05. The summed E-state index contributed by atoms with van der Waals surface area (Å²) in [6.45, 7) is 1.53. The lowest BCUT2D eigenvalue weighted by Gasteiger charge is -2.18. The maximum absolute atomic E-state index is 11.8. The van der Waals surface area contributed by atoms with E-state index in [0.29, 0.717) is 6.42 Å². The summed E-state index contributed by atoms with van der Waals surface area (Å²) < 4.78 is 5.56. The second kappa shape index (κ2) is 9.64. The molecule has 0 unspecified atom stereocenters. The van der Waals surface area contributed by atoms with Crippen LogP contribution in [0.5, 0.6) is 5.75 Å². The lowest BCUT2D eigenvalue weighted by Crippen LogP contribution is -2.13. The highest BCUT2D eigenvalue weighted by atomic mass is 35.5. The molecular weight excluding hydrogens is 288 g/mol. The Kier molecular flexibility index (Phi) is 8.16. The second-order valence-electron chi connectivity index (χ2n) is 5.28. The van der Waals surface area contributed by atoms with Gasteiger partial charge in [-0.25, -0.2) is 0 Å². The Morgan fingerprint density at radius 3 is 2.86 bits per heavy atom. The molecule has 0 bridgehead atoms. The first-order valence-electron chi connectivity index (χ1n) is 7.55. The van der Waals surface area contributed by atoms with Gasteiger partial charge in [0.15, 0.2) is 0 Å². The molecule has 2 rings (SSSR count). The van der Waals surface area contributed by atoms with Crippen LogP contribution in [0.2, 0.25) is 0 Å². The van der Waals surface area contributed by atoms with Crippen molar-refractivity contribution in [2.24, 2.45) is 5.73 Å². The summed E-state index contributed by atoms with van der Waals surface area (Å²) >= 11 is 0. The maximum atomic E-state index is 11.8. The number of anilines is 1. The lowest BCUT2D eigenvalue weighted by molar-refractivity contribution is -0.116. The first-order chi connectivity index (χ1) is 9.79. The second-order valence-corrected chi connectivity index (χ2v) is 5.28. The van der Waals surface area contributed by atoms with E-state index in [9.17, 15) is 4.79 Å². The molecule has 1 aromatic carbocycles. The molecule has 0 aromatic heterocycles. The number of benzene rings is 1. The van der Waals surface area contributed by atoms with Crippen LogP contribution in [0, 0.1) is 0 Å². The summed E-state index contributed by atoms with van der Waals surface area (Å²) in [7, 11) is 0. The number of fused-ring (bicyclic) bond motifs is 1. The highest BCUT2D eigenvalue weighted by molar-refractivity contribution is 5.90. The zero-order chi connectivity index (χ0) is 14.2. The van der Waals surface area contributed by atoms with Crippen LogP contribution in [0.4, 0.5) is 5.69 Å². The van der Waals surface area contributed by atoms with Gasteiger partial charge in [-0.2, -0.15) is 0 Å². The van der Waals surface area contributed by atoms with Crippen molar-refractivity contribution in [1.82, 2.24) is 0 Å². The van der Waals surface area contributed by atoms with Gasteiger partial charge in [-0.3, -0.25) is 4.79 Å². The average Bonchev–Trinajstić information content (AvgIpc) is 2.47. The van der Waals surface area contributed by atoms with Crippen LogP contribution in [0.3, 0.4) is 0 Å². The standard InChI is InChI=1S/C16H24N2O2.ClH/c17-10-4-2-1-3-7-16(19)18-14-8-9-15-13(12-14)6-5-11-20-15;/h8-9,12H,1-7,10-11,17H2,(H,18,19);1H. The molecule has 118 valence electrons. The third-order valence-electron chi connectivity index (χ3n) is 3.55. The number of nitrogens with one attached hydrogen (secondary N) is 1. The van der Waals surface area contributed by atoms with Crippen molar-refractivity contribution in [3.63, 3.8) is 0 Å². The van der Waals surface area contributed by atoms with Crippen LogP contribution in [-0.4, -0.2) is 19.1 Å². The molecule has 0 atom stereocenters. The topological polar surface area (TPSA) is 64.4 Å². The number of carbonyl (C=O) groups excluding carboxylic acids is 1. The molecule has 3 N–H and O–H groups in total. The van der Waals surface area contributed by atoms with Crippen LogP contribution >= 0.6 is 12.4 Å². The molecular formula is C16H25ClN2O2. The molecule has 1 aliphatic heterocycles. The van der Waals surface area contributed by atoms with Crippen molar-refractivity contribution < 1.29 is 9.53 Å². The Morgan fingerprint density at radius 2 is 2.05 bits per heavy atom. The van der Waals surface area contributed by atoms with Crippen LogP contribution in [-0.2, 0) is 11.2 Å². The van der Waals surface area contributed by atoms with Gasteiger partial charge in [-0.15, -0.1) is 12.4 Å². The minimum Gasteiger partial charge on any atom is -0.493 e. The SMILES string of the molecule is Cl.NCCCCCCC(=O)Nc1ccc2c(c1)CCCO2. The minimum absolute atomic E-state index is 0. The van der Waals surface area contributed by atoms with Crippen LogP contribution in [0.15, 0.2) is 18.2 Å². The van der Waals surface area contributed by atoms with Crippen molar-refractivity contribution in [3.8, 4) is 5.75 Å². The predicted molar refractivity (Wildman–Crippen MR) is 88.3 cm³/mol. The van der Waals surface area contributed by atoms with Gasteiger partial charge >= 0.3 is 0 Å². The van der Waals surface area contributed by atoms with Gasteiger partial charge in [0.2, 0.25) is 5.91 Å². The Hall–Kier alpha value is -1.26. The minimum atomic E-state index is 0. The smallest absolute Gasteiger partial charge is 0.224 e. The summed E-state index contributed by atoms with van der Waals surface area (Å²) in [4.78, 5) is 11.8. The first kappa shape index (κ1) is 17.8. The Morgan fingerprint density at radius 1 is 1.24 bits per heavy atom. The number of unbranched alkanes of at least 4 members (excludes halogenated alkanes) is 3. The molecule has 1 aliphatic rings. The molecule has 1 aromatic rings. The van der Waals surface area contributed by atoms with Crippen molar-refractivity contribution in [3.05, 3.63) is 23.8 Å². The largest absolute Gasteiger partial charge is 0.493 e.